The van der Waals surface area contributed by atoms with E-state index in [0.29, 0.717) is 29.0 Å². The molecular formula is C13H12ClN5O2. The van der Waals surface area contributed by atoms with Crippen LogP contribution in [0.4, 0.5) is 5.82 Å². The van der Waals surface area contributed by atoms with Crippen LogP contribution >= 0.6 is 11.6 Å². The summed E-state index contributed by atoms with van der Waals surface area (Å²) in [4.78, 5) is 23.0. The Morgan fingerprint density at radius 3 is 3.05 bits per heavy atom. The van der Waals surface area contributed by atoms with Crippen molar-refractivity contribution in [2.75, 3.05) is 12.4 Å². The van der Waals surface area contributed by atoms with Gasteiger partial charge in [0.25, 0.3) is 5.91 Å². The van der Waals surface area contributed by atoms with Gasteiger partial charge in [0, 0.05) is 13.2 Å². The van der Waals surface area contributed by atoms with E-state index < -0.39 is 0 Å². The zero-order valence-corrected chi connectivity index (χ0v) is 11.9. The number of halogens is 1. The molecule has 3 heterocycles. The predicted molar refractivity (Wildman–Crippen MR) is 78.3 cm³/mol. The van der Waals surface area contributed by atoms with Crippen LogP contribution in [-0.2, 0) is 6.54 Å². The van der Waals surface area contributed by atoms with E-state index in [1.165, 1.54) is 0 Å². The minimum Gasteiger partial charge on any atom is -0.467 e. The zero-order chi connectivity index (χ0) is 14.8. The second-order valence-electron chi connectivity index (χ2n) is 4.28. The van der Waals surface area contributed by atoms with Gasteiger partial charge in [-0.05, 0) is 23.7 Å². The molecule has 0 saturated heterocycles. The third-order valence-electron chi connectivity index (χ3n) is 2.99. The van der Waals surface area contributed by atoms with E-state index in [9.17, 15) is 4.79 Å². The fourth-order valence-corrected chi connectivity index (χ4v) is 2.20. The van der Waals surface area contributed by atoms with Crippen LogP contribution in [0.3, 0.4) is 0 Å². The molecule has 108 valence electrons. The molecule has 0 aliphatic carbocycles. The number of rotatable bonds is 4. The van der Waals surface area contributed by atoms with E-state index >= 15 is 0 Å². The maximum atomic E-state index is 11.9. The average Bonchev–Trinajstić information content (AvgIpc) is 3.12. The van der Waals surface area contributed by atoms with Crippen molar-refractivity contribution in [2.24, 2.45) is 0 Å². The maximum Gasteiger partial charge on any atom is 0.253 e. The summed E-state index contributed by atoms with van der Waals surface area (Å²) in [7, 11) is 1.56. The molecule has 0 unspecified atom stereocenters. The molecule has 0 aromatic carbocycles. The van der Waals surface area contributed by atoms with Gasteiger partial charge in [-0.25, -0.2) is 4.98 Å². The molecule has 0 radical (unpaired) electrons. The molecule has 0 aliphatic heterocycles. The van der Waals surface area contributed by atoms with E-state index in [0.717, 1.165) is 5.76 Å². The van der Waals surface area contributed by atoms with Gasteiger partial charge in [0.1, 0.15) is 17.2 Å². The summed E-state index contributed by atoms with van der Waals surface area (Å²) >= 11 is 5.90. The number of anilines is 1. The van der Waals surface area contributed by atoms with Gasteiger partial charge in [0.2, 0.25) is 5.28 Å². The Labute approximate surface area is 124 Å². The Kier molecular flexibility index (Phi) is 3.49. The number of nitrogens with one attached hydrogen (secondary N) is 3. The van der Waals surface area contributed by atoms with Crippen LogP contribution < -0.4 is 10.6 Å². The second kappa shape index (κ2) is 5.45. The third kappa shape index (κ3) is 2.55. The lowest BCUT2D eigenvalue weighted by molar-refractivity contribution is 0.0965. The number of carbonyl (C=O) groups is 1. The van der Waals surface area contributed by atoms with Gasteiger partial charge in [0.05, 0.1) is 23.8 Å². The monoisotopic (exact) mass is 305 g/mol. The molecule has 0 bridgehead atoms. The highest BCUT2D eigenvalue weighted by Crippen LogP contribution is 2.26. The van der Waals surface area contributed by atoms with E-state index in [-0.39, 0.29) is 11.2 Å². The van der Waals surface area contributed by atoms with Crippen LogP contribution in [0.2, 0.25) is 5.28 Å². The SMILES string of the molecule is CNC(=O)c1c[nH]c2nc(Cl)nc(NCc3ccco3)c12. The van der Waals surface area contributed by atoms with Crippen LogP contribution in [0, 0.1) is 0 Å². The Hall–Kier alpha value is -2.54. The summed E-state index contributed by atoms with van der Waals surface area (Å²) in [5, 5.41) is 6.36. The number of H-pyrrole nitrogens is 1. The summed E-state index contributed by atoms with van der Waals surface area (Å²) < 4.78 is 5.25. The standard InChI is InChI=1S/C13H12ClN5O2/c1-15-12(20)8-6-17-11-9(8)10(18-13(14)19-11)16-5-7-3-2-4-21-7/h2-4,6H,5H2,1H3,(H,15,20)(H2,16,17,18,19). The highest BCUT2D eigenvalue weighted by Gasteiger charge is 2.17. The highest BCUT2D eigenvalue weighted by molar-refractivity contribution is 6.29. The van der Waals surface area contributed by atoms with Crippen molar-refractivity contribution in [3.8, 4) is 0 Å². The van der Waals surface area contributed by atoms with Gasteiger partial charge in [-0.2, -0.15) is 4.98 Å². The van der Waals surface area contributed by atoms with Gasteiger partial charge in [-0.15, -0.1) is 0 Å². The number of aromatic amines is 1. The van der Waals surface area contributed by atoms with E-state index in [2.05, 4.69) is 25.6 Å². The Bertz CT molecular complexity index is 781. The van der Waals surface area contributed by atoms with E-state index in [1.807, 2.05) is 6.07 Å². The Balaban J connectivity index is 2.02. The summed E-state index contributed by atoms with van der Waals surface area (Å²) in [6.45, 7) is 0.424. The average molecular weight is 306 g/mol. The molecule has 1 amide bonds. The van der Waals surface area contributed by atoms with Gasteiger partial charge < -0.3 is 20.0 Å². The first-order valence-electron chi connectivity index (χ1n) is 6.22. The van der Waals surface area contributed by atoms with E-state index in [4.69, 9.17) is 16.0 Å². The number of aromatic nitrogens is 3. The van der Waals surface area contributed by atoms with Gasteiger partial charge >= 0.3 is 0 Å². The van der Waals surface area contributed by atoms with Crippen LogP contribution in [0.1, 0.15) is 16.1 Å². The number of hydrogen-bond acceptors (Lipinski definition) is 5. The van der Waals surface area contributed by atoms with Crippen molar-refractivity contribution in [3.05, 3.63) is 41.2 Å². The van der Waals surface area contributed by atoms with Crippen LogP contribution in [0.5, 0.6) is 0 Å². The number of furan rings is 1. The lowest BCUT2D eigenvalue weighted by Crippen LogP contribution is -2.17. The molecule has 21 heavy (non-hydrogen) atoms. The second-order valence-corrected chi connectivity index (χ2v) is 4.62. The van der Waals surface area contributed by atoms with Crippen molar-refractivity contribution in [3.63, 3.8) is 0 Å². The number of carbonyl (C=O) groups excluding carboxylic acids is 1. The molecule has 0 fully saturated rings. The molecule has 0 atom stereocenters. The zero-order valence-electron chi connectivity index (χ0n) is 11.1. The summed E-state index contributed by atoms with van der Waals surface area (Å²) in [6, 6.07) is 3.63. The Morgan fingerprint density at radius 1 is 1.48 bits per heavy atom. The van der Waals surface area contributed by atoms with Crippen molar-refractivity contribution < 1.29 is 9.21 Å². The lowest BCUT2D eigenvalue weighted by Gasteiger charge is -2.07. The lowest BCUT2D eigenvalue weighted by atomic mass is 10.2. The molecule has 0 spiro atoms. The largest absolute Gasteiger partial charge is 0.467 e. The third-order valence-corrected chi connectivity index (χ3v) is 3.16. The molecule has 7 nitrogen and oxygen atoms in total. The van der Waals surface area contributed by atoms with Crippen molar-refractivity contribution in [1.82, 2.24) is 20.3 Å². The topological polar surface area (TPSA) is 95.8 Å². The van der Waals surface area contributed by atoms with E-state index in [1.54, 1.807) is 25.6 Å². The molecular weight excluding hydrogens is 294 g/mol. The maximum absolute atomic E-state index is 11.9. The fourth-order valence-electron chi connectivity index (χ4n) is 2.03. The number of fused-ring (bicyclic) bond motifs is 1. The predicted octanol–water partition coefficient (Wildman–Crippen LogP) is 2.18. The summed E-state index contributed by atoms with van der Waals surface area (Å²) in [5.74, 6) is 0.990. The number of amides is 1. The smallest absolute Gasteiger partial charge is 0.253 e. The first-order chi connectivity index (χ1) is 10.2. The van der Waals surface area contributed by atoms with Crippen LogP contribution in [0.15, 0.2) is 29.0 Å². The number of nitrogens with zero attached hydrogens (tertiary/aromatic N) is 2. The number of hydrogen-bond donors (Lipinski definition) is 3. The quantitative estimate of drug-likeness (QED) is 0.642. The van der Waals surface area contributed by atoms with Crippen molar-refractivity contribution in [1.29, 1.82) is 0 Å². The molecule has 3 aromatic heterocycles. The van der Waals surface area contributed by atoms with Gasteiger partial charge in [-0.3, -0.25) is 4.79 Å². The highest BCUT2D eigenvalue weighted by atomic mass is 35.5. The molecule has 3 N–H and O–H groups in total. The fraction of sp³-hybridized carbons (Fsp3) is 0.154. The van der Waals surface area contributed by atoms with Gasteiger partial charge in [-0.1, -0.05) is 0 Å². The van der Waals surface area contributed by atoms with Crippen molar-refractivity contribution in [2.45, 2.75) is 6.54 Å². The minimum absolute atomic E-state index is 0.0924. The van der Waals surface area contributed by atoms with Crippen molar-refractivity contribution >= 4 is 34.4 Å². The molecule has 0 aliphatic rings. The molecule has 3 aromatic rings. The molecule has 0 saturated carbocycles. The molecule has 3 rings (SSSR count). The Morgan fingerprint density at radius 2 is 2.33 bits per heavy atom. The summed E-state index contributed by atoms with van der Waals surface area (Å²) in [5.41, 5.74) is 0.946. The van der Waals surface area contributed by atoms with Crippen LogP contribution in [0.25, 0.3) is 11.0 Å². The molecule has 8 heteroatoms. The first-order valence-corrected chi connectivity index (χ1v) is 6.60. The van der Waals surface area contributed by atoms with Gasteiger partial charge in [0.15, 0.2) is 0 Å². The minimum atomic E-state index is -0.228. The normalized spacial score (nSPS) is 10.8. The van der Waals surface area contributed by atoms with Crippen LogP contribution in [-0.4, -0.2) is 27.9 Å². The summed E-state index contributed by atoms with van der Waals surface area (Å²) in [6.07, 6.45) is 3.17. The first kappa shape index (κ1) is 13.4.